The third-order valence-corrected chi connectivity index (χ3v) is 5.35. The molecule has 2 aromatic heterocycles. The lowest BCUT2D eigenvalue weighted by atomic mass is 10.1. The number of aromatic nitrogens is 3. The van der Waals surface area contributed by atoms with Gasteiger partial charge in [-0.3, -0.25) is 4.79 Å². The number of nitrogens with zero attached hydrogens (tertiary/aromatic N) is 4. The summed E-state index contributed by atoms with van der Waals surface area (Å²) in [6, 6.07) is 1.69. The predicted octanol–water partition coefficient (Wildman–Crippen LogP) is 1.40. The van der Waals surface area contributed by atoms with E-state index in [0.29, 0.717) is 19.0 Å². The van der Waals surface area contributed by atoms with Gasteiger partial charge in [0.05, 0.1) is 29.1 Å². The smallest absolute Gasteiger partial charge is 0.269 e. The Morgan fingerprint density at radius 2 is 2.30 bits per heavy atom. The van der Waals surface area contributed by atoms with Crippen LogP contribution in [0.5, 0.6) is 0 Å². The Hall–Kier alpha value is -1.73. The largest absolute Gasteiger partial charge is 0.370 e. The second-order valence-corrected chi connectivity index (χ2v) is 7.29. The van der Waals surface area contributed by atoms with E-state index in [1.807, 2.05) is 6.92 Å². The molecule has 3 rings (SSSR count). The molecule has 0 unspecified atom stereocenters. The minimum absolute atomic E-state index is 0.0631. The molecule has 0 aliphatic carbocycles. The van der Waals surface area contributed by atoms with Crippen LogP contribution in [0.15, 0.2) is 17.1 Å². The van der Waals surface area contributed by atoms with Gasteiger partial charge in [-0.25, -0.2) is 9.67 Å². The van der Waals surface area contributed by atoms with Gasteiger partial charge >= 0.3 is 0 Å². The topological polar surface area (TPSA) is 77.0 Å². The predicted molar refractivity (Wildman–Crippen MR) is 93.2 cm³/mol. The fourth-order valence-electron chi connectivity index (χ4n) is 3.02. The van der Waals surface area contributed by atoms with E-state index >= 15 is 0 Å². The summed E-state index contributed by atoms with van der Waals surface area (Å²) in [5.41, 5.74) is 7.63. The maximum absolute atomic E-state index is 12.4. The first kappa shape index (κ1) is 16.1. The normalized spacial score (nSPS) is 17.9. The van der Waals surface area contributed by atoms with Crippen molar-refractivity contribution in [1.29, 1.82) is 0 Å². The summed E-state index contributed by atoms with van der Waals surface area (Å²) in [7, 11) is 0. The molecular weight excluding hydrogens is 310 g/mol. The van der Waals surface area contributed by atoms with Crippen molar-refractivity contribution in [3.05, 3.63) is 38.2 Å². The van der Waals surface area contributed by atoms with Gasteiger partial charge in [0.25, 0.3) is 5.56 Å². The second kappa shape index (κ2) is 6.80. The summed E-state index contributed by atoms with van der Waals surface area (Å²) in [5.74, 6) is 0.518. The zero-order valence-electron chi connectivity index (χ0n) is 13.7. The molecule has 0 spiro atoms. The molecule has 23 heavy (non-hydrogen) atoms. The van der Waals surface area contributed by atoms with E-state index < -0.39 is 0 Å². The van der Waals surface area contributed by atoms with Gasteiger partial charge in [-0.2, -0.15) is 5.10 Å². The Kier molecular flexibility index (Phi) is 4.77. The van der Waals surface area contributed by atoms with Gasteiger partial charge in [-0.1, -0.05) is 6.92 Å². The van der Waals surface area contributed by atoms with Crippen molar-refractivity contribution in [3.63, 3.8) is 0 Å². The van der Waals surface area contributed by atoms with Crippen LogP contribution >= 0.6 is 11.3 Å². The Morgan fingerprint density at radius 3 is 2.96 bits per heavy atom. The highest BCUT2D eigenvalue weighted by Crippen LogP contribution is 2.22. The SMILES string of the molecule is CCc1nc(C)sc1Cn1ncc(N2CC[C@@H](CN)C2)cc1=O. The molecule has 1 aliphatic rings. The van der Waals surface area contributed by atoms with Gasteiger partial charge in [0.1, 0.15) is 0 Å². The van der Waals surface area contributed by atoms with Gasteiger partial charge in [-0.05, 0) is 32.2 Å². The monoisotopic (exact) mass is 333 g/mol. The van der Waals surface area contributed by atoms with E-state index in [4.69, 9.17) is 5.73 Å². The average Bonchev–Trinajstić information content (AvgIpc) is 3.15. The van der Waals surface area contributed by atoms with Crippen LogP contribution in [-0.4, -0.2) is 34.4 Å². The molecule has 3 heterocycles. The van der Waals surface area contributed by atoms with Crippen LogP contribution in [0.25, 0.3) is 0 Å². The lowest BCUT2D eigenvalue weighted by Gasteiger charge is -2.18. The number of hydrogen-bond acceptors (Lipinski definition) is 6. The highest BCUT2D eigenvalue weighted by atomic mass is 32.1. The van der Waals surface area contributed by atoms with E-state index in [1.54, 1.807) is 23.6 Å². The number of thiazole rings is 1. The van der Waals surface area contributed by atoms with Gasteiger partial charge in [0.15, 0.2) is 0 Å². The van der Waals surface area contributed by atoms with Gasteiger partial charge in [-0.15, -0.1) is 11.3 Å². The zero-order valence-corrected chi connectivity index (χ0v) is 14.5. The molecule has 1 saturated heterocycles. The first-order valence-electron chi connectivity index (χ1n) is 8.08. The zero-order chi connectivity index (χ0) is 16.4. The Bertz CT molecular complexity index is 738. The molecule has 0 bridgehead atoms. The first-order valence-corrected chi connectivity index (χ1v) is 8.89. The van der Waals surface area contributed by atoms with E-state index in [2.05, 4.69) is 21.9 Å². The third-order valence-electron chi connectivity index (χ3n) is 4.35. The summed E-state index contributed by atoms with van der Waals surface area (Å²) < 4.78 is 1.52. The molecule has 0 amide bonds. The van der Waals surface area contributed by atoms with Crippen LogP contribution in [0.2, 0.25) is 0 Å². The lowest BCUT2D eigenvalue weighted by Crippen LogP contribution is -2.27. The fourth-order valence-corrected chi connectivity index (χ4v) is 4.03. The van der Waals surface area contributed by atoms with Crippen LogP contribution in [0.4, 0.5) is 5.69 Å². The molecule has 0 aromatic carbocycles. The third kappa shape index (κ3) is 3.45. The number of rotatable bonds is 5. The molecule has 2 aromatic rings. The number of aryl methyl sites for hydroxylation is 2. The van der Waals surface area contributed by atoms with E-state index in [-0.39, 0.29) is 5.56 Å². The first-order chi connectivity index (χ1) is 11.1. The fraction of sp³-hybridized carbons (Fsp3) is 0.562. The lowest BCUT2D eigenvalue weighted by molar-refractivity contribution is 0.601. The Balaban J connectivity index is 1.78. The summed E-state index contributed by atoms with van der Waals surface area (Å²) in [6.45, 7) is 7.13. The highest BCUT2D eigenvalue weighted by molar-refractivity contribution is 7.11. The second-order valence-electron chi connectivity index (χ2n) is 6.00. The summed E-state index contributed by atoms with van der Waals surface area (Å²) >= 11 is 1.64. The van der Waals surface area contributed by atoms with Gasteiger partial charge < -0.3 is 10.6 Å². The van der Waals surface area contributed by atoms with Crippen LogP contribution in [0.3, 0.4) is 0 Å². The molecule has 6 nitrogen and oxygen atoms in total. The Labute approximate surface area is 140 Å². The standard InChI is InChI=1S/C16H23N5OS/c1-3-14-15(23-11(2)19-14)10-21-16(22)6-13(8-18-21)20-5-4-12(7-17)9-20/h6,8,12H,3-5,7,9-10,17H2,1-2H3/t12-/m0/s1. The van der Waals surface area contributed by atoms with Crippen LogP contribution in [-0.2, 0) is 13.0 Å². The average molecular weight is 333 g/mol. The summed E-state index contributed by atoms with van der Waals surface area (Å²) in [4.78, 5) is 20.2. The van der Waals surface area contributed by atoms with Crippen molar-refractivity contribution in [2.75, 3.05) is 24.5 Å². The van der Waals surface area contributed by atoms with Crippen molar-refractivity contribution in [1.82, 2.24) is 14.8 Å². The minimum Gasteiger partial charge on any atom is -0.370 e. The maximum Gasteiger partial charge on any atom is 0.269 e. The molecule has 1 atom stereocenters. The molecule has 1 aliphatic heterocycles. The van der Waals surface area contributed by atoms with E-state index in [9.17, 15) is 4.79 Å². The summed E-state index contributed by atoms with van der Waals surface area (Å²) in [6.07, 6.45) is 3.75. The van der Waals surface area contributed by atoms with Crippen molar-refractivity contribution >= 4 is 17.0 Å². The van der Waals surface area contributed by atoms with Crippen molar-refractivity contribution < 1.29 is 0 Å². The quantitative estimate of drug-likeness (QED) is 0.895. The van der Waals surface area contributed by atoms with Crippen molar-refractivity contribution in [3.8, 4) is 0 Å². The molecule has 2 N–H and O–H groups in total. The van der Waals surface area contributed by atoms with Crippen molar-refractivity contribution in [2.24, 2.45) is 11.7 Å². The van der Waals surface area contributed by atoms with E-state index in [0.717, 1.165) is 47.2 Å². The van der Waals surface area contributed by atoms with Crippen LogP contribution in [0.1, 0.15) is 28.9 Å². The molecule has 1 fully saturated rings. The highest BCUT2D eigenvalue weighted by Gasteiger charge is 2.22. The number of hydrogen-bond donors (Lipinski definition) is 1. The minimum atomic E-state index is -0.0631. The van der Waals surface area contributed by atoms with Crippen LogP contribution < -0.4 is 16.2 Å². The number of nitrogens with two attached hydrogens (primary N) is 1. The molecule has 0 radical (unpaired) electrons. The van der Waals surface area contributed by atoms with Crippen molar-refractivity contribution in [2.45, 2.75) is 33.2 Å². The van der Waals surface area contributed by atoms with E-state index in [1.165, 1.54) is 4.68 Å². The number of anilines is 1. The van der Waals surface area contributed by atoms with Gasteiger partial charge in [0.2, 0.25) is 0 Å². The van der Waals surface area contributed by atoms with Gasteiger partial charge in [0, 0.05) is 24.0 Å². The molecular formula is C16H23N5OS. The van der Waals surface area contributed by atoms with Crippen LogP contribution in [0, 0.1) is 12.8 Å². The summed E-state index contributed by atoms with van der Waals surface area (Å²) in [5, 5.41) is 5.40. The Morgan fingerprint density at radius 1 is 1.48 bits per heavy atom. The molecule has 0 saturated carbocycles. The molecule has 124 valence electrons. The maximum atomic E-state index is 12.4. The molecule has 7 heteroatoms.